The normalized spacial score (nSPS) is 14.0. The maximum atomic E-state index is 13.4. The molecular formula is C19H16F2N2O. The third-order valence-electron chi connectivity index (χ3n) is 4.58. The van der Waals surface area contributed by atoms with Gasteiger partial charge in [0, 0.05) is 47.2 Å². The SMILES string of the molecule is Cc1ccc2c3c([nH]c2c1)CCN(C(=O)c1ccc(F)c(F)c1)C3. The van der Waals surface area contributed by atoms with E-state index in [0.29, 0.717) is 13.1 Å². The van der Waals surface area contributed by atoms with Crippen LogP contribution in [0.4, 0.5) is 8.78 Å². The van der Waals surface area contributed by atoms with Crippen molar-refractivity contribution in [3.05, 3.63) is 70.4 Å². The first-order valence-electron chi connectivity index (χ1n) is 7.87. The summed E-state index contributed by atoms with van der Waals surface area (Å²) in [6.07, 6.45) is 0.721. The van der Waals surface area contributed by atoms with Crippen LogP contribution < -0.4 is 0 Å². The number of carbonyl (C=O) groups excluding carboxylic acids is 1. The molecule has 5 heteroatoms. The number of hydrogen-bond donors (Lipinski definition) is 1. The molecule has 1 amide bonds. The average Bonchev–Trinajstić information content (AvgIpc) is 2.93. The molecule has 24 heavy (non-hydrogen) atoms. The molecule has 0 radical (unpaired) electrons. The van der Waals surface area contributed by atoms with Crippen LogP contribution in [-0.2, 0) is 13.0 Å². The molecule has 3 nitrogen and oxygen atoms in total. The molecule has 1 aromatic heterocycles. The number of hydrogen-bond acceptors (Lipinski definition) is 1. The molecule has 0 fully saturated rings. The summed E-state index contributed by atoms with van der Waals surface area (Å²) in [4.78, 5) is 17.7. The Hall–Kier alpha value is -2.69. The lowest BCUT2D eigenvalue weighted by atomic mass is 10.0. The number of nitrogens with one attached hydrogen (secondary N) is 1. The Bertz CT molecular complexity index is 961. The van der Waals surface area contributed by atoms with E-state index < -0.39 is 11.6 Å². The lowest BCUT2D eigenvalue weighted by molar-refractivity contribution is 0.0734. The van der Waals surface area contributed by atoms with Crippen molar-refractivity contribution >= 4 is 16.8 Å². The van der Waals surface area contributed by atoms with Crippen LogP contribution in [0.1, 0.15) is 27.2 Å². The number of amides is 1. The summed E-state index contributed by atoms with van der Waals surface area (Å²) < 4.78 is 26.5. The van der Waals surface area contributed by atoms with Crippen LogP contribution in [0.3, 0.4) is 0 Å². The molecular weight excluding hydrogens is 310 g/mol. The van der Waals surface area contributed by atoms with Crippen LogP contribution in [0.5, 0.6) is 0 Å². The van der Waals surface area contributed by atoms with Crippen LogP contribution in [-0.4, -0.2) is 22.3 Å². The summed E-state index contributed by atoms with van der Waals surface area (Å²) >= 11 is 0. The van der Waals surface area contributed by atoms with E-state index in [4.69, 9.17) is 0 Å². The van der Waals surface area contributed by atoms with Gasteiger partial charge in [-0.25, -0.2) is 8.78 Å². The molecule has 2 aromatic carbocycles. The molecule has 0 saturated heterocycles. The summed E-state index contributed by atoms with van der Waals surface area (Å²) in [6, 6.07) is 9.49. The molecule has 0 saturated carbocycles. The van der Waals surface area contributed by atoms with E-state index in [2.05, 4.69) is 17.1 Å². The van der Waals surface area contributed by atoms with E-state index in [0.717, 1.165) is 40.7 Å². The summed E-state index contributed by atoms with van der Waals surface area (Å²) in [5, 5.41) is 1.11. The van der Waals surface area contributed by atoms with Crippen molar-refractivity contribution in [1.29, 1.82) is 0 Å². The average molecular weight is 326 g/mol. The first kappa shape index (κ1) is 14.9. The molecule has 0 atom stereocenters. The molecule has 3 aromatic rings. The Kier molecular flexibility index (Phi) is 3.37. The van der Waals surface area contributed by atoms with E-state index in [1.807, 2.05) is 13.0 Å². The van der Waals surface area contributed by atoms with Crippen molar-refractivity contribution in [3.8, 4) is 0 Å². The van der Waals surface area contributed by atoms with Gasteiger partial charge < -0.3 is 9.88 Å². The van der Waals surface area contributed by atoms with Crippen LogP contribution in [0.15, 0.2) is 36.4 Å². The highest BCUT2D eigenvalue weighted by atomic mass is 19.2. The monoisotopic (exact) mass is 326 g/mol. The number of aryl methyl sites for hydroxylation is 1. The number of rotatable bonds is 1. The zero-order chi connectivity index (χ0) is 16.8. The van der Waals surface area contributed by atoms with Crippen LogP contribution >= 0.6 is 0 Å². The Balaban J connectivity index is 1.67. The molecule has 1 N–H and O–H groups in total. The smallest absolute Gasteiger partial charge is 0.254 e. The van der Waals surface area contributed by atoms with Gasteiger partial charge in [-0.15, -0.1) is 0 Å². The lowest BCUT2D eigenvalue weighted by Gasteiger charge is -2.27. The number of aromatic nitrogens is 1. The van der Waals surface area contributed by atoms with Crippen molar-refractivity contribution in [2.75, 3.05) is 6.54 Å². The fraction of sp³-hybridized carbons (Fsp3) is 0.211. The Labute approximate surface area is 137 Å². The van der Waals surface area contributed by atoms with Gasteiger partial charge in [-0.3, -0.25) is 4.79 Å². The number of H-pyrrole nitrogens is 1. The lowest BCUT2D eigenvalue weighted by Crippen LogP contribution is -2.35. The van der Waals surface area contributed by atoms with E-state index in [1.54, 1.807) is 4.90 Å². The van der Waals surface area contributed by atoms with E-state index in [9.17, 15) is 13.6 Å². The van der Waals surface area contributed by atoms with E-state index >= 15 is 0 Å². The summed E-state index contributed by atoms with van der Waals surface area (Å²) in [7, 11) is 0. The van der Waals surface area contributed by atoms with Gasteiger partial charge in [0.1, 0.15) is 0 Å². The van der Waals surface area contributed by atoms with Gasteiger partial charge in [0.25, 0.3) is 5.91 Å². The van der Waals surface area contributed by atoms with Gasteiger partial charge in [-0.05, 0) is 36.8 Å². The predicted octanol–water partition coefficient (Wildman–Crippen LogP) is 3.95. The maximum Gasteiger partial charge on any atom is 0.254 e. The second-order valence-corrected chi connectivity index (χ2v) is 6.24. The van der Waals surface area contributed by atoms with Crippen LogP contribution in [0.2, 0.25) is 0 Å². The number of carbonyl (C=O) groups is 1. The molecule has 0 spiro atoms. The molecule has 0 unspecified atom stereocenters. The first-order chi connectivity index (χ1) is 11.5. The highest BCUT2D eigenvalue weighted by Crippen LogP contribution is 2.29. The fourth-order valence-corrected chi connectivity index (χ4v) is 3.32. The molecule has 1 aliphatic rings. The molecule has 122 valence electrons. The number of nitrogens with zero attached hydrogens (tertiary/aromatic N) is 1. The minimum atomic E-state index is -0.999. The number of halogens is 2. The topological polar surface area (TPSA) is 36.1 Å². The second kappa shape index (κ2) is 5.44. The highest BCUT2D eigenvalue weighted by molar-refractivity contribution is 5.95. The number of fused-ring (bicyclic) bond motifs is 3. The van der Waals surface area contributed by atoms with Crippen LogP contribution in [0.25, 0.3) is 10.9 Å². The van der Waals surface area contributed by atoms with E-state index in [-0.39, 0.29) is 11.5 Å². The number of aromatic amines is 1. The Morgan fingerprint density at radius 1 is 1.12 bits per heavy atom. The minimum Gasteiger partial charge on any atom is -0.358 e. The van der Waals surface area contributed by atoms with Gasteiger partial charge in [0.2, 0.25) is 0 Å². The standard InChI is InChI=1S/C19H16F2N2O/c1-11-2-4-13-14-10-23(7-6-17(14)22-18(13)8-11)19(24)12-3-5-15(20)16(21)9-12/h2-5,8-9,22H,6-7,10H2,1H3. The highest BCUT2D eigenvalue weighted by Gasteiger charge is 2.25. The summed E-state index contributed by atoms with van der Waals surface area (Å²) in [5.74, 6) is -2.22. The quantitative estimate of drug-likeness (QED) is 0.722. The van der Waals surface area contributed by atoms with Gasteiger partial charge >= 0.3 is 0 Å². The van der Waals surface area contributed by atoms with Crippen molar-refractivity contribution in [2.24, 2.45) is 0 Å². The van der Waals surface area contributed by atoms with Crippen molar-refractivity contribution in [3.63, 3.8) is 0 Å². The zero-order valence-corrected chi connectivity index (χ0v) is 13.2. The molecule has 4 rings (SSSR count). The zero-order valence-electron chi connectivity index (χ0n) is 13.2. The summed E-state index contributed by atoms with van der Waals surface area (Å²) in [5.41, 5.74) is 4.67. The molecule has 1 aliphatic heterocycles. The van der Waals surface area contributed by atoms with Crippen molar-refractivity contribution in [1.82, 2.24) is 9.88 Å². The number of benzene rings is 2. The van der Waals surface area contributed by atoms with Gasteiger partial charge in [-0.2, -0.15) is 0 Å². The largest absolute Gasteiger partial charge is 0.358 e. The van der Waals surface area contributed by atoms with Gasteiger partial charge in [0.05, 0.1) is 0 Å². The minimum absolute atomic E-state index is 0.174. The Morgan fingerprint density at radius 3 is 2.75 bits per heavy atom. The molecule has 0 aliphatic carbocycles. The maximum absolute atomic E-state index is 13.4. The predicted molar refractivity (Wildman–Crippen MR) is 87.8 cm³/mol. The Morgan fingerprint density at radius 2 is 1.96 bits per heavy atom. The van der Waals surface area contributed by atoms with Gasteiger partial charge in [0.15, 0.2) is 11.6 Å². The second-order valence-electron chi connectivity index (χ2n) is 6.24. The third kappa shape index (κ3) is 2.37. The van der Waals surface area contributed by atoms with Crippen molar-refractivity contribution in [2.45, 2.75) is 19.9 Å². The van der Waals surface area contributed by atoms with Crippen molar-refractivity contribution < 1.29 is 13.6 Å². The van der Waals surface area contributed by atoms with Crippen LogP contribution in [0, 0.1) is 18.6 Å². The fourth-order valence-electron chi connectivity index (χ4n) is 3.32. The third-order valence-corrected chi connectivity index (χ3v) is 4.58. The van der Waals surface area contributed by atoms with E-state index in [1.165, 1.54) is 11.6 Å². The van der Waals surface area contributed by atoms with Gasteiger partial charge in [-0.1, -0.05) is 12.1 Å². The molecule has 0 bridgehead atoms. The summed E-state index contributed by atoms with van der Waals surface area (Å²) in [6.45, 7) is 3.06. The molecule has 2 heterocycles. The first-order valence-corrected chi connectivity index (χ1v) is 7.87.